The molecule has 2 rings (SSSR count). The third kappa shape index (κ3) is 14.6. The van der Waals surface area contributed by atoms with Crippen molar-refractivity contribution in [1.29, 1.82) is 0 Å². The molecule has 0 bridgehead atoms. The van der Waals surface area contributed by atoms with E-state index in [-0.39, 0.29) is 0 Å². The van der Waals surface area contributed by atoms with Crippen LogP contribution in [0.5, 0.6) is 0 Å². The lowest BCUT2D eigenvalue weighted by Gasteiger charge is -2.41. The Bertz CT molecular complexity index is 452. The van der Waals surface area contributed by atoms with E-state index in [1.807, 2.05) is 0 Å². The second-order valence-corrected chi connectivity index (χ2v) is 14.6. The summed E-state index contributed by atoms with van der Waals surface area (Å²) in [7, 11) is 5.09. The van der Waals surface area contributed by atoms with Gasteiger partial charge in [-0.1, -0.05) is 89.6 Å². The Labute approximate surface area is 237 Å². The smallest absolute Gasteiger partial charge is 0.0787 e. The highest BCUT2D eigenvalue weighted by molar-refractivity contribution is 9.09. The van der Waals surface area contributed by atoms with Gasteiger partial charge in [-0.2, -0.15) is 0 Å². The van der Waals surface area contributed by atoms with Crippen LogP contribution in [0.25, 0.3) is 0 Å². The lowest BCUT2D eigenvalue weighted by atomic mass is 9.86. The molecule has 2 heterocycles. The third-order valence-corrected chi connectivity index (χ3v) is 10.8. The highest BCUT2D eigenvalue weighted by atomic mass is 79.9. The van der Waals surface area contributed by atoms with Gasteiger partial charge in [-0.15, -0.1) is 0 Å². The van der Waals surface area contributed by atoms with Crippen LogP contribution in [-0.4, -0.2) is 73.0 Å². The molecule has 208 valence electrons. The quantitative estimate of drug-likeness (QED) is 0.0721. The molecule has 0 unspecified atom stereocenters. The van der Waals surface area contributed by atoms with Gasteiger partial charge in [0.15, 0.2) is 0 Å². The highest BCUT2D eigenvalue weighted by Gasteiger charge is 2.31. The Morgan fingerprint density at radius 3 is 1.11 bits per heavy atom. The fraction of sp³-hybridized carbons (Fsp3) is 1.00. The van der Waals surface area contributed by atoms with Crippen LogP contribution in [-0.2, 0) is 0 Å². The van der Waals surface area contributed by atoms with E-state index in [4.69, 9.17) is 0 Å². The van der Waals surface area contributed by atoms with Crippen LogP contribution in [0.4, 0.5) is 0 Å². The van der Waals surface area contributed by atoms with Crippen molar-refractivity contribution in [2.45, 2.75) is 122 Å². The molecule has 2 aliphatic heterocycles. The van der Waals surface area contributed by atoms with Crippen molar-refractivity contribution in [1.82, 2.24) is 0 Å². The molecule has 0 radical (unpaired) electrons. The Hall–Kier alpha value is 0.880. The Balaban J connectivity index is 1.46. The molecule has 0 saturated carbocycles. The second kappa shape index (κ2) is 19.0. The van der Waals surface area contributed by atoms with Gasteiger partial charge >= 0.3 is 0 Å². The van der Waals surface area contributed by atoms with Gasteiger partial charge in [-0.25, -0.2) is 0 Å². The van der Waals surface area contributed by atoms with E-state index in [1.54, 1.807) is 0 Å². The summed E-state index contributed by atoms with van der Waals surface area (Å²) in [5.74, 6) is 2.06. The van der Waals surface area contributed by atoms with Gasteiger partial charge in [0, 0.05) is 10.7 Å². The van der Waals surface area contributed by atoms with Crippen LogP contribution in [0.2, 0.25) is 0 Å². The summed E-state index contributed by atoms with van der Waals surface area (Å²) in [4.78, 5) is 0. The van der Waals surface area contributed by atoms with E-state index in [0.717, 1.165) is 11.8 Å². The normalized spacial score (nSPS) is 29.5. The Morgan fingerprint density at radius 2 is 0.771 bits per heavy atom. The van der Waals surface area contributed by atoms with E-state index in [0.29, 0.717) is 0 Å². The highest BCUT2D eigenvalue weighted by Crippen LogP contribution is 2.31. The molecule has 0 aliphatic carbocycles. The van der Waals surface area contributed by atoms with Crippen LogP contribution >= 0.6 is 31.9 Å². The number of piperidine rings is 2. The second-order valence-electron chi connectivity index (χ2n) is 13.0. The Morgan fingerprint density at radius 1 is 0.457 bits per heavy atom. The topological polar surface area (TPSA) is 0 Å². The van der Waals surface area contributed by atoms with E-state index < -0.39 is 0 Å². The number of quaternary nitrogens is 2. The van der Waals surface area contributed by atoms with Crippen molar-refractivity contribution < 1.29 is 8.97 Å². The minimum atomic E-state index is 1.03. The number of hydrogen-bond acceptors (Lipinski definition) is 0. The molecule has 2 nitrogen and oxygen atoms in total. The van der Waals surface area contributed by atoms with Crippen molar-refractivity contribution >= 4 is 31.9 Å². The first-order valence-corrected chi connectivity index (χ1v) is 18.0. The summed E-state index contributed by atoms with van der Waals surface area (Å²) < 4.78 is 2.74. The van der Waals surface area contributed by atoms with E-state index in [2.05, 4.69) is 46.0 Å². The third-order valence-electron chi connectivity index (χ3n) is 9.70. The lowest BCUT2D eigenvalue weighted by molar-refractivity contribution is -0.915. The number of nitrogens with zero attached hydrogens (tertiary/aromatic N) is 2. The molecule has 2 fully saturated rings. The monoisotopic (exact) mass is 620 g/mol. The number of unbranched alkanes of at least 4 members (excludes halogenated alkanes) is 10. The maximum Gasteiger partial charge on any atom is 0.0787 e. The molecule has 0 N–H and O–H groups in total. The molecule has 2 aliphatic rings. The molecular formula is C31H62Br2N2+2. The molecule has 2 saturated heterocycles. The zero-order valence-electron chi connectivity index (χ0n) is 23.9. The molecule has 0 aromatic carbocycles. The van der Waals surface area contributed by atoms with E-state index in [1.165, 1.54) is 181 Å². The first kappa shape index (κ1) is 32.1. The van der Waals surface area contributed by atoms with Gasteiger partial charge in [0.2, 0.25) is 0 Å². The van der Waals surface area contributed by atoms with Crippen LogP contribution in [0.3, 0.4) is 0 Å². The standard InChI is InChI=1S/C31H62Br2N2/c1-34(24-13-9-5-3-7-11-22-32)26-18-30(19-27-34)16-15-17-31-20-28-35(2,29-21-31)25-14-10-6-4-8-12-23-33/h30-31H,3-29H2,1-2H3/q+2. The molecule has 0 amide bonds. The zero-order chi connectivity index (χ0) is 25.2. The molecule has 0 spiro atoms. The van der Waals surface area contributed by atoms with Gasteiger partial charge in [-0.3, -0.25) is 0 Å². The fourth-order valence-corrected chi connectivity index (χ4v) is 7.59. The van der Waals surface area contributed by atoms with Gasteiger partial charge in [-0.05, 0) is 76.0 Å². The Kier molecular flexibility index (Phi) is 17.4. The number of alkyl halides is 2. The van der Waals surface area contributed by atoms with Crippen LogP contribution in [0.15, 0.2) is 0 Å². The van der Waals surface area contributed by atoms with Gasteiger partial charge in [0.25, 0.3) is 0 Å². The minimum Gasteiger partial charge on any atom is -0.326 e. The average Bonchev–Trinajstić information content (AvgIpc) is 2.86. The van der Waals surface area contributed by atoms with Crippen molar-refractivity contribution in [3.05, 3.63) is 0 Å². The first-order valence-electron chi connectivity index (χ1n) is 15.8. The van der Waals surface area contributed by atoms with E-state index >= 15 is 0 Å². The number of hydrogen-bond donors (Lipinski definition) is 0. The van der Waals surface area contributed by atoms with Crippen molar-refractivity contribution in [2.24, 2.45) is 11.8 Å². The molecule has 4 heteroatoms. The molecule has 0 aromatic heterocycles. The predicted octanol–water partition coefficient (Wildman–Crippen LogP) is 9.34. The number of rotatable bonds is 20. The SMILES string of the molecule is C[N+]1(CCCCCCCCBr)CCC(CCCC2CC[N+](C)(CCCCCCCCBr)CC2)CC1. The fourth-order valence-electron chi connectivity index (χ4n) is 6.80. The largest absolute Gasteiger partial charge is 0.326 e. The van der Waals surface area contributed by atoms with Gasteiger partial charge in [0.1, 0.15) is 0 Å². The maximum absolute atomic E-state index is 3.55. The van der Waals surface area contributed by atoms with Crippen LogP contribution in [0, 0.1) is 11.8 Å². The summed E-state index contributed by atoms with van der Waals surface area (Å²) in [6.07, 6.45) is 27.7. The number of likely N-dealkylation sites (tertiary alicyclic amines) is 2. The summed E-state index contributed by atoms with van der Waals surface area (Å²) in [6.45, 7) is 8.66. The van der Waals surface area contributed by atoms with Crippen molar-refractivity contribution in [2.75, 3.05) is 64.0 Å². The lowest BCUT2D eigenvalue weighted by Crippen LogP contribution is -2.50. The summed E-state index contributed by atoms with van der Waals surface area (Å²) in [5.41, 5.74) is 0. The maximum atomic E-state index is 3.55. The van der Waals surface area contributed by atoms with E-state index in [9.17, 15) is 0 Å². The number of halogens is 2. The first-order chi connectivity index (χ1) is 17.0. The predicted molar refractivity (Wildman–Crippen MR) is 164 cm³/mol. The molecule has 0 atom stereocenters. The summed E-state index contributed by atoms with van der Waals surface area (Å²) in [5, 5.41) is 2.36. The van der Waals surface area contributed by atoms with Crippen molar-refractivity contribution in [3.63, 3.8) is 0 Å². The summed E-state index contributed by atoms with van der Waals surface area (Å²) in [6, 6.07) is 0. The van der Waals surface area contributed by atoms with Crippen LogP contribution < -0.4 is 0 Å². The van der Waals surface area contributed by atoms with Gasteiger partial charge in [0.05, 0.1) is 53.4 Å². The molecular weight excluding hydrogens is 560 g/mol. The average molecular weight is 623 g/mol. The molecule has 0 aromatic rings. The van der Waals surface area contributed by atoms with Gasteiger partial charge < -0.3 is 8.97 Å². The minimum absolute atomic E-state index is 1.03. The zero-order valence-corrected chi connectivity index (χ0v) is 27.1. The summed E-state index contributed by atoms with van der Waals surface area (Å²) >= 11 is 7.10. The van der Waals surface area contributed by atoms with Crippen molar-refractivity contribution in [3.8, 4) is 0 Å². The van der Waals surface area contributed by atoms with Crippen LogP contribution in [0.1, 0.15) is 122 Å². The molecule has 35 heavy (non-hydrogen) atoms.